The number of nitrogens with one attached hydrogen (secondary N) is 1. The van der Waals surface area contributed by atoms with Crippen LogP contribution in [-0.2, 0) is 9.53 Å². The van der Waals surface area contributed by atoms with Crippen LogP contribution < -0.4 is 5.32 Å². The molecular weight excluding hydrogens is 199 g/mol. The smallest absolute Gasteiger partial charge is 0.393 e. The van der Waals surface area contributed by atoms with Crippen LogP contribution in [0.15, 0.2) is 0 Å². The van der Waals surface area contributed by atoms with Crippen molar-refractivity contribution in [1.29, 1.82) is 0 Å². The summed E-state index contributed by atoms with van der Waals surface area (Å²) in [5.74, 6) is -2.03. The zero-order valence-corrected chi connectivity index (χ0v) is 7.73. The second kappa shape index (κ2) is 4.16. The van der Waals surface area contributed by atoms with Crippen molar-refractivity contribution in [2.24, 2.45) is 5.92 Å². The molecule has 0 aliphatic carbocycles. The Labute approximate surface area is 79.6 Å². The van der Waals surface area contributed by atoms with Crippen molar-refractivity contribution in [3.63, 3.8) is 0 Å². The highest BCUT2D eigenvalue weighted by Crippen LogP contribution is 2.32. The number of carbonyl (C=O) groups excluding carboxylic acids is 1. The molecule has 0 saturated carbocycles. The van der Waals surface area contributed by atoms with Gasteiger partial charge >= 0.3 is 12.1 Å². The lowest BCUT2D eigenvalue weighted by atomic mass is 10.1. The molecule has 1 aliphatic heterocycles. The van der Waals surface area contributed by atoms with Gasteiger partial charge in [0.15, 0.2) is 0 Å². The van der Waals surface area contributed by atoms with Crippen molar-refractivity contribution in [3.8, 4) is 0 Å². The number of halogens is 3. The van der Waals surface area contributed by atoms with Crippen molar-refractivity contribution in [1.82, 2.24) is 5.32 Å². The zero-order chi connectivity index (χ0) is 10.8. The minimum atomic E-state index is -4.23. The molecule has 1 heterocycles. The Morgan fingerprint density at radius 1 is 1.57 bits per heavy atom. The van der Waals surface area contributed by atoms with E-state index in [0.717, 1.165) is 0 Å². The molecule has 1 fully saturated rings. The SMILES string of the molecule is CCOC(=O)[C@@H]1C[C@H](C(F)(F)F)CN1. The number of rotatable bonds is 2. The maximum Gasteiger partial charge on any atom is 0.393 e. The van der Waals surface area contributed by atoms with Crippen molar-refractivity contribution in [2.45, 2.75) is 25.6 Å². The molecule has 0 aromatic carbocycles. The highest BCUT2D eigenvalue weighted by atomic mass is 19.4. The molecule has 6 heteroatoms. The highest BCUT2D eigenvalue weighted by molar-refractivity contribution is 5.76. The quantitative estimate of drug-likeness (QED) is 0.695. The maximum absolute atomic E-state index is 12.2. The number of carbonyl (C=O) groups is 1. The summed E-state index contributed by atoms with van der Waals surface area (Å²) in [6, 6.07) is -0.804. The normalized spacial score (nSPS) is 27.7. The predicted octanol–water partition coefficient (Wildman–Crippen LogP) is 1.09. The van der Waals surface area contributed by atoms with Crippen molar-refractivity contribution in [3.05, 3.63) is 0 Å². The van der Waals surface area contributed by atoms with Crippen molar-refractivity contribution in [2.75, 3.05) is 13.2 Å². The van der Waals surface area contributed by atoms with Crippen LogP contribution in [0.5, 0.6) is 0 Å². The molecule has 2 atom stereocenters. The number of hydrogen-bond donors (Lipinski definition) is 1. The third kappa shape index (κ3) is 2.60. The maximum atomic E-state index is 12.2. The third-order valence-corrected chi connectivity index (χ3v) is 2.16. The summed E-state index contributed by atoms with van der Waals surface area (Å²) in [5, 5.41) is 2.50. The summed E-state index contributed by atoms with van der Waals surface area (Å²) in [6.07, 6.45) is -4.45. The second-order valence-electron chi connectivity index (χ2n) is 3.19. The first kappa shape index (κ1) is 11.3. The average molecular weight is 211 g/mol. The van der Waals surface area contributed by atoms with Gasteiger partial charge in [0.25, 0.3) is 0 Å². The standard InChI is InChI=1S/C8H12F3NO2/c1-2-14-7(13)6-3-5(4-12-6)8(9,10)11/h5-6,12H,2-4H2,1H3/t5-,6-/m0/s1. The van der Waals surface area contributed by atoms with Crippen LogP contribution in [0, 0.1) is 5.92 Å². The van der Waals surface area contributed by atoms with Gasteiger partial charge in [0.2, 0.25) is 0 Å². The van der Waals surface area contributed by atoms with Gasteiger partial charge in [-0.3, -0.25) is 4.79 Å². The van der Waals surface area contributed by atoms with Crippen LogP contribution in [0.2, 0.25) is 0 Å². The Bertz CT molecular complexity index is 217. The lowest BCUT2D eigenvalue weighted by molar-refractivity contribution is -0.169. The molecule has 0 bridgehead atoms. The summed E-state index contributed by atoms with van der Waals surface area (Å²) in [4.78, 5) is 11.1. The molecule has 14 heavy (non-hydrogen) atoms. The largest absolute Gasteiger partial charge is 0.465 e. The van der Waals surface area contributed by atoms with Crippen LogP contribution in [-0.4, -0.2) is 31.3 Å². The molecular formula is C8H12F3NO2. The summed E-state index contributed by atoms with van der Waals surface area (Å²) in [5.41, 5.74) is 0. The van der Waals surface area contributed by atoms with Crippen LogP contribution in [0.3, 0.4) is 0 Å². The van der Waals surface area contributed by atoms with Gasteiger partial charge in [-0.2, -0.15) is 13.2 Å². The third-order valence-electron chi connectivity index (χ3n) is 2.16. The van der Waals surface area contributed by atoms with Crippen LogP contribution in [0.1, 0.15) is 13.3 Å². The fraction of sp³-hybridized carbons (Fsp3) is 0.875. The Balaban J connectivity index is 2.45. The van der Waals surface area contributed by atoms with Gasteiger partial charge in [-0.25, -0.2) is 0 Å². The van der Waals surface area contributed by atoms with E-state index in [-0.39, 0.29) is 19.6 Å². The highest BCUT2D eigenvalue weighted by Gasteiger charge is 2.46. The molecule has 3 nitrogen and oxygen atoms in total. The first-order valence-corrected chi connectivity index (χ1v) is 4.42. The minimum Gasteiger partial charge on any atom is -0.465 e. The Kier molecular flexibility index (Phi) is 3.36. The van der Waals surface area contributed by atoms with E-state index in [2.05, 4.69) is 10.1 Å². The van der Waals surface area contributed by atoms with Gasteiger partial charge < -0.3 is 10.1 Å². The molecule has 0 unspecified atom stereocenters. The van der Waals surface area contributed by atoms with E-state index < -0.39 is 24.1 Å². The topological polar surface area (TPSA) is 38.3 Å². The molecule has 1 aliphatic rings. The Morgan fingerprint density at radius 2 is 2.21 bits per heavy atom. The van der Waals surface area contributed by atoms with Gasteiger partial charge in [-0.05, 0) is 13.3 Å². The van der Waals surface area contributed by atoms with Crippen LogP contribution >= 0.6 is 0 Å². The fourth-order valence-corrected chi connectivity index (χ4v) is 1.41. The number of ether oxygens (including phenoxy) is 1. The Morgan fingerprint density at radius 3 is 2.64 bits per heavy atom. The van der Waals surface area contributed by atoms with Gasteiger partial charge in [-0.1, -0.05) is 0 Å². The lowest BCUT2D eigenvalue weighted by Gasteiger charge is -2.12. The van der Waals surface area contributed by atoms with Gasteiger partial charge in [0, 0.05) is 6.54 Å². The molecule has 0 aromatic rings. The first-order valence-electron chi connectivity index (χ1n) is 4.42. The van der Waals surface area contributed by atoms with Crippen molar-refractivity contribution < 1.29 is 22.7 Å². The minimum absolute atomic E-state index is 0.188. The molecule has 0 amide bonds. The van der Waals surface area contributed by atoms with E-state index in [1.807, 2.05) is 0 Å². The van der Waals surface area contributed by atoms with Crippen LogP contribution in [0.25, 0.3) is 0 Å². The first-order chi connectivity index (χ1) is 6.45. The van der Waals surface area contributed by atoms with E-state index in [1.165, 1.54) is 0 Å². The average Bonchev–Trinajstić information content (AvgIpc) is 2.51. The molecule has 1 saturated heterocycles. The molecule has 1 rings (SSSR count). The number of esters is 1. The molecule has 0 radical (unpaired) electrons. The molecule has 82 valence electrons. The number of alkyl halides is 3. The van der Waals surface area contributed by atoms with Crippen LogP contribution in [0.4, 0.5) is 13.2 Å². The van der Waals surface area contributed by atoms with E-state index in [9.17, 15) is 18.0 Å². The summed E-state index contributed by atoms with van der Waals surface area (Å²) < 4.78 is 41.2. The summed E-state index contributed by atoms with van der Waals surface area (Å²) in [6.45, 7) is 1.61. The zero-order valence-electron chi connectivity index (χ0n) is 7.73. The lowest BCUT2D eigenvalue weighted by Crippen LogP contribution is -2.32. The van der Waals surface area contributed by atoms with E-state index >= 15 is 0 Å². The number of hydrogen-bond acceptors (Lipinski definition) is 3. The van der Waals surface area contributed by atoms with E-state index in [4.69, 9.17) is 0 Å². The van der Waals surface area contributed by atoms with E-state index in [1.54, 1.807) is 6.92 Å². The molecule has 0 aromatic heterocycles. The predicted molar refractivity (Wildman–Crippen MR) is 42.6 cm³/mol. The van der Waals surface area contributed by atoms with Gasteiger partial charge in [-0.15, -0.1) is 0 Å². The van der Waals surface area contributed by atoms with Gasteiger partial charge in [0.1, 0.15) is 6.04 Å². The monoisotopic (exact) mass is 211 g/mol. The molecule has 1 N–H and O–H groups in total. The van der Waals surface area contributed by atoms with E-state index in [0.29, 0.717) is 0 Å². The molecule has 0 spiro atoms. The fourth-order valence-electron chi connectivity index (χ4n) is 1.41. The van der Waals surface area contributed by atoms with Crippen molar-refractivity contribution >= 4 is 5.97 Å². The second-order valence-corrected chi connectivity index (χ2v) is 3.19. The Hall–Kier alpha value is -0.780. The summed E-state index contributed by atoms with van der Waals surface area (Å²) in [7, 11) is 0. The van der Waals surface area contributed by atoms with Gasteiger partial charge in [0.05, 0.1) is 12.5 Å². The summed E-state index contributed by atoms with van der Waals surface area (Å²) >= 11 is 0.